The Morgan fingerprint density at radius 3 is 2.63 bits per heavy atom. The van der Waals surface area contributed by atoms with E-state index in [1.165, 1.54) is 5.57 Å². The first kappa shape index (κ1) is 13.9. The van der Waals surface area contributed by atoms with Crippen molar-refractivity contribution in [1.29, 1.82) is 0 Å². The lowest BCUT2D eigenvalue weighted by molar-refractivity contribution is 0.571. The molecule has 2 rings (SSSR count). The molecule has 2 aromatic rings. The lowest BCUT2D eigenvalue weighted by Crippen LogP contribution is -2.14. The molecule has 0 saturated carbocycles. The summed E-state index contributed by atoms with van der Waals surface area (Å²) in [5.41, 5.74) is 2.28. The first-order valence-corrected chi connectivity index (χ1v) is 6.80. The van der Waals surface area contributed by atoms with E-state index < -0.39 is 0 Å². The highest BCUT2D eigenvalue weighted by atomic mass is 35.5. The van der Waals surface area contributed by atoms with E-state index >= 15 is 0 Å². The molecule has 0 aliphatic heterocycles. The monoisotopic (exact) mass is 275 g/mol. The molecule has 1 N–H and O–H groups in total. The first-order chi connectivity index (χ1) is 9.19. The largest absolute Gasteiger partial charge is 0.457 e. The maximum absolute atomic E-state index is 5.87. The molecule has 0 spiro atoms. The van der Waals surface area contributed by atoms with Crippen molar-refractivity contribution in [2.24, 2.45) is 0 Å². The third-order valence-electron chi connectivity index (χ3n) is 2.80. The van der Waals surface area contributed by atoms with E-state index in [0.717, 1.165) is 35.2 Å². The first-order valence-electron chi connectivity index (χ1n) is 6.42. The van der Waals surface area contributed by atoms with Crippen LogP contribution in [0.15, 0.2) is 46.4 Å². The quantitative estimate of drug-likeness (QED) is 0.862. The van der Waals surface area contributed by atoms with Crippen molar-refractivity contribution in [1.82, 2.24) is 5.32 Å². The summed E-state index contributed by atoms with van der Waals surface area (Å²) in [5, 5.41) is 4.02. The maximum Gasteiger partial charge on any atom is 0.134 e. The van der Waals surface area contributed by atoms with Crippen molar-refractivity contribution >= 4 is 17.7 Å². The zero-order chi connectivity index (χ0) is 13.7. The van der Waals surface area contributed by atoms with Gasteiger partial charge in [0.25, 0.3) is 0 Å². The number of furan rings is 1. The summed E-state index contributed by atoms with van der Waals surface area (Å²) in [4.78, 5) is 0. The fourth-order valence-corrected chi connectivity index (χ4v) is 1.94. The van der Waals surface area contributed by atoms with Gasteiger partial charge in [0.2, 0.25) is 0 Å². The fraction of sp³-hybridized carbons (Fsp3) is 0.250. The summed E-state index contributed by atoms with van der Waals surface area (Å²) in [6.07, 6.45) is 2.06. The average molecular weight is 276 g/mol. The highest BCUT2D eigenvalue weighted by molar-refractivity contribution is 6.30. The molecule has 0 aliphatic rings. The van der Waals surface area contributed by atoms with Gasteiger partial charge in [0.15, 0.2) is 0 Å². The Kier molecular flexibility index (Phi) is 4.83. The number of rotatable bonds is 5. The summed E-state index contributed by atoms with van der Waals surface area (Å²) in [6.45, 7) is 6.04. The summed E-state index contributed by atoms with van der Waals surface area (Å²) >= 11 is 5.87. The Hall–Kier alpha value is -1.51. The molecule has 0 aliphatic carbocycles. The number of hydrogen-bond donors (Lipinski definition) is 1. The third kappa shape index (κ3) is 3.98. The zero-order valence-corrected chi connectivity index (χ0v) is 12.0. The predicted molar refractivity (Wildman–Crippen MR) is 81.3 cm³/mol. The van der Waals surface area contributed by atoms with Crippen LogP contribution < -0.4 is 5.32 Å². The molecular weight excluding hydrogens is 258 g/mol. The normalized spacial score (nSPS) is 11.8. The molecule has 3 heteroatoms. The molecule has 0 unspecified atom stereocenters. The van der Waals surface area contributed by atoms with Crippen LogP contribution in [-0.4, -0.2) is 13.1 Å². The van der Waals surface area contributed by atoms with E-state index in [-0.39, 0.29) is 0 Å². The number of likely N-dealkylation sites (N-methyl/N-ethyl adjacent to an activating group) is 1. The van der Waals surface area contributed by atoms with E-state index in [0.29, 0.717) is 0 Å². The number of halogens is 1. The minimum absolute atomic E-state index is 0.733. The van der Waals surface area contributed by atoms with Crippen LogP contribution in [0.3, 0.4) is 0 Å². The highest BCUT2D eigenvalue weighted by Gasteiger charge is 2.03. The fourth-order valence-electron chi connectivity index (χ4n) is 1.82. The molecule has 1 aromatic carbocycles. The van der Waals surface area contributed by atoms with Gasteiger partial charge >= 0.3 is 0 Å². The Morgan fingerprint density at radius 1 is 1.21 bits per heavy atom. The van der Waals surface area contributed by atoms with Crippen LogP contribution in [0.5, 0.6) is 0 Å². The molecular formula is C16H18ClNO. The van der Waals surface area contributed by atoms with Gasteiger partial charge < -0.3 is 9.73 Å². The van der Waals surface area contributed by atoms with Gasteiger partial charge in [-0.2, -0.15) is 0 Å². The van der Waals surface area contributed by atoms with Gasteiger partial charge in [-0.15, -0.1) is 0 Å². The smallest absolute Gasteiger partial charge is 0.134 e. The second kappa shape index (κ2) is 6.60. The van der Waals surface area contributed by atoms with Crippen LogP contribution in [-0.2, 0) is 0 Å². The Morgan fingerprint density at radius 2 is 1.95 bits per heavy atom. The lowest BCUT2D eigenvalue weighted by Gasteiger charge is -2.00. The molecule has 0 atom stereocenters. The van der Waals surface area contributed by atoms with Gasteiger partial charge in [0.05, 0.1) is 0 Å². The molecule has 100 valence electrons. The van der Waals surface area contributed by atoms with Crippen LogP contribution in [0, 0.1) is 0 Å². The summed E-state index contributed by atoms with van der Waals surface area (Å²) in [7, 11) is 0. The molecule has 0 fully saturated rings. The summed E-state index contributed by atoms with van der Waals surface area (Å²) in [6, 6.07) is 11.6. The molecule has 2 nitrogen and oxygen atoms in total. The van der Waals surface area contributed by atoms with Crippen LogP contribution in [0.4, 0.5) is 0 Å². The SMILES string of the molecule is CCNCC(C)=Cc1ccc(-c2ccc(Cl)cc2)o1. The van der Waals surface area contributed by atoms with E-state index in [2.05, 4.69) is 25.2 Å². The van der Waals surface area contributed by atoms with Gasteiger partial charge in [0, 0.05) is 17.1 Å². The number of nitrogens with one attached hydrogen (secondary N) is 1. The highest BCUT2D eigenvalue weighted by Crippen LogP contribution is 2.24. The number of hydrogen-bond acceptors (Lipinski definition) is 2. The molecule has 0 amide bonds. The van der Waals surface area contributed by atoms with Crippen LogP contribution >= 0.6 is 11.6 Å². The van der Waals surface area contributed by atoms with Crippen LogP contribution in [0.1, 0.15) is 19.6 Å². The van der Waals surface area contributed by atoms with Crippen LogP contribution in [0.2, 0.25) is 5.02 Å². The standard InChI is InChI=1S/C16H18ClNO/c1-3-18-11-12(2)10-15-8-9-16(19-15)13-4-6-14(17)7-5-13/h4-10,18H,3,11H2,1-2H3. The zero-order valence-electron chi connectivity index (χ0n) is 11.2. The summed E-state index contributed by atoms with van der Waals surface area (Å²) in [5.74, 6) is 1.74. The van der Waals surface area contributed by atoms with Gasteiger partial charge in [-0.1, -0.05) is 24.1 Å². The van der Waals surface area contributed by atoms with Gasteiger partial charge in [-0.3, -0.25) is 0 Å². The van der Waals surface area contributed by atoms with Crippen LogP contribution in [0.25, 0.3) is 17.4 Å². The van der Waals surface area contributed by atoms with E-state index in [9.17, 15) is 0 Å². The predicted octanol–water partition coefficient (Wildman–Crippen LogP) is 4.61. The van der Waals surface area contributed by atoms with Crippen molar-refractivity contribution in [3.05, 3.63) is 52.8 Å². The van der Waals surface area contributed by atoms with Gasteiger partial charge in [0.1, 0.15) is 11.5 Å². The van der Waals surface area contributed by atoms with E-state index in [4.69, 9.17) is 16.0 Å². The number of benzene rings is 1. The molecule has 19 heavy (non-hydrogen) atoms. The Bertz CT molecular complexity index is 554. The van der Waals surface area contributed by atoms with E-state index in [1.54, 1.807) is 0 Å². The third-order valence-corrected chi connectivity index (χ3v) is 3.05. The maximum atomic E-state index is 5.87. The van der Waals surface area contributed by atoms with E-state index in [1.807, 2.05) is 36.4 Å². The van der Waals surface area contributed by atoms with Gasteiger partial charge in [-0.05, 0) is 55.9 Å². The molecule has 0 bridgehead atoms. The minimum atomic E-state index is 0.733. The second-order valence-corrected chi connectivity index (χ2v) is 4.92. The van der Waals surface area contributed by atoms with Crippen molar-refractivity contribution in [3.8, 4) is 11.3 Å². The van der Waals surface area contributed by atoms with Crippen molar-refractivity contribution in [3.63, 3.8) is 0 Å². The minimum Gasteiger partial charge on any atom is -0.457 e. The lowest BCUT2D eigenvalue weighted by atomic mass is 10.2. The molecule has 1 heterocycles. The van der Waals surface area contributed by atoms with Crippen molar-refractivity contribution in [2.45, 2.75) is 13.8 Å². The Balaban J connectivity index is 2.12. The summed E-state index contributed by atoms with van der Waals surface area (Å²) < 4.78 is 5.81. The topological polar surface area (TPSA) is 25.2 Å². The molecule has 0 radical (unpaired) electrons. The molecule has 0 saturated heterocycles. The second-order valence-electron chi connectivity index (χ2n) is 4.48. The molecule has 1 aromatic heterocycles. The van der Waals surface area contributed by atoms with Crippen molar-refractivity contribution in [2.75, 3.05) is 13.1 Å². The van der Waals surface area contributed by atoms with Crippen molar-refractivity contribution < 1.29 is 4.42 Å². The average Bonchev–Trinajstić information content (AvgIpc) is 2.85. The Labute approximate surface area is 119 Å². The van der Waals surface area contributed by atoms with Gasteiger partial charge in [-0.25, -0.2) is 0 Å².